The molecule has 1 saturated heterocycles. The van der Waals surface area contributed by atoms with Crippen molar-refractivity contribution in [1.82, 2.24) is 9.88 Å². The molecule has 0 spiro atoms. The first-order chi connectivity index (χ1) is 16.2. The molecule has 0 N–H and O–H groups in total. The Morgan fingerprint density at radius 3 is 2.73 bits per heavy atom. The number of rotatable bonds is 7. The molecule has 2 aromatic carbocycles. The molecule has 8 nitrogen and oxygen atoms in total. The first kappa shape index (κ1) is 21.9. The lowest BCUT2D eigenvalue weighted by Gasteiger charge is -2.28. The quantitative estimate of drug-likeness (QED) is 0.525. The van der Waals surface area contributed by atoms with Gasteiger partial charge in [-0.1, -0.05) is 11.3 Å². The van der Waals surface area contributed by atoms with Crippen molar-refractivity contribution in [3.63, 3.8) is 0 Å². The second-order valence-electron chi connectivity index (χ2n) is 7.95. The van der Waals surface area contributed by atoms with E-state index >= 15 is 0 Å². The van der Waals surface area contributed by atoms with E-state index in [0.717, 1.165) is 55.2 Å². The Labute approximate surface area is 196 Å². The van der Waals surface area contributed by atoms with Crippen LogP contribution in [0.5, 0.6) is 17.2 Å². The van der Waals surface area contributed by atoms with Crippen LogP contribution in [0.3, 0.4) is 0 Å². The lowest BCUT2D eigenvalue weighted by Crippen LogP contribution is -2.39. The maximum atomic E-state index is 13.7. The Hall–Kier alpha value is -2.88. The van der Waals surface area contributed by atoms with Gasteiger partial charge in [0.1, 0.15) is 19.0 Å². The number of methoxy groups -OCH3 is 1. The summed E-state index contributed by atoms with van der Waals surface area (Å²) in [5.74, 6) is 1.93. The van der Waals surface area contributed by atoms with Gasteiger partial charge in [-0.3, -0.25) is 14.6 Å². The third-order valence-electron chi connectivity index (χ3n) is 5.81. The van der Waals surface area contributed by atoms with Crippen molar-refractivity contribution in [3.8, 4) is 17.2 Å². The van der Waals surface area contributed by atoms with E-state index < -0.39 is 0 Å². The molecular formula is C24H27N3O5S. The lowest BCUT2D eigenvalue weighted by atomic mass is 10.1. The van der Waals surface area contributed by atoms with Gasteiger partial charge in [-0.05, 0) is 36.8 Å². The summed E-state index contributed by atoms with van der Waals surface area (Å²) in [5.41, 5.74) is 1.38. The van der Waals surface area contributed by atoms with Crippen LogP contribution in [-0.4, -0.2) is 75.5 Å². The van der Waals surface area contributed by atoms with Crippen LogP contribution in [-0.2, 0) is 4.74 Å². The zero-order valence-corrected chi connectivity index (χ0v) is 19.4. The van der Waals surface area contributed by atoms with Crippen molar-refractivity contribution >= 4 is 32.6 Å². The number of aromatic nitrogens is 1. The van der Waals surface area contributed by atoms with Crippen LogP contribution in [0.2, 0.25) is 0 Å². The molecule has 174 valence electrons. The summed E-state index contributed by atoms with van der Waals surface area (Å²) in [5, 5.41) is 0.681. The number of thiazole rings is 1. The van der Waals surface area contributed by atoms with Crippen molar-refractivity contribution in [3.05, 3.63) is 42.0 Å². The predicted octanol–water partition coefficient (Wildman–Crippen LogP) is 3.45. The van der Waals surface area contributed by atoms with Crippen LogP contribution in [0, 0.1) is 0 Å². The van der Waals surface area contributed by atoms with Gasteiger partial charge in [-0.15, -0.1) is 0 Å². The van der Waals surface area contributed by atoms with E-state index in [9.17, 15) is 4.79 Å². The Kier molecular flexibility index (Phi) is 6.61. The lowest BCUT2D eigenvalue weighted by molar-refractivity contribution is 0.0376. The van der Waals surface area contributed by atoms with E-state index in [0.29, 0.717) is 42.0 Å². The van der Waals surface area contributed by atoms with Gasteiger partial charge in [0.25, 0.3) is 5.91 Å². The van der Waals surface area contributed by atoms with Crippen LogP contribution in [0.1, 0.15) is 16.8 Å². The molecule has 33 heavy (non-hydrogen) atoms. The number of ether oxygens (including phenoxy) is 4. The highest BCUT2D eigenvalue weighted by Crippen LogP contribution is 2.34. The first-order valence-electron chi connectivity index (χ1n) is 11.2. The average Bonchev–Trinajstić information content (AvgIpc) is 3.29. The number of nitrogens with zero attached hydrogens (tertiary/aromatic N) is 3. The fourth-order valence-electron chi connectivity index (χ4n) is 4.03. The number of carbonyl (C=O) groups is 1. The molecular weight excluding hydrogens is 442 g/mol. The summed E-state index contributed by atoms with van der Waals surface area (Å²) in [7, 11) is 1.64. The number of hydrogen-bond donors (Lipinski definition) is 0. The van der Waals surface area contributed by atoms with Crippen molar-refractivity contribution in [2.24, 2.45) is 0 Å². The van der Waals surface area contributed by atoms with Crippen LogP contribution in [0.4, 0.5) is 5.13 Å². The molecule has 3 heterocycles. The van der Waals surface area contributed by atoms with Gasteiger partial charge in [0.15, 0.2) is 16.6 Å². The van der Waals surface area contributed by atoms with Crippen molar-refractivity contribution in [1.29, 1.82) is 0 Å². The summed E-state index contributed by atoms with van der Waals surface area (Å²) in [6.07, 6.45) is 0.843. The van der Waals surface area contributed by atoms with E-state index in [1.165, 1.54) is 11.3 Å². The Morgan fingerprint density at radius 1 is 1.09 bits per heavy atom. The molecule has 0 radical (unpaired) electrons. The SMILES string of the molecule is COc1ccc2sc(N(CCCN3CCOCC3)C(=O)c3ccc4c(c3)OCCO4)nc2c1. The molecule has 9 heteroatoms. The number of amides is 1. The number of hydrogen-bond acceptors (Lipinski definition) is 8. The highest BCUT2D eigenvalue weighted by molar-refractivity contribution is 7.22. The number of morpholine rings is 1. The van der Waals surface area contributed by atoms with Gasteiger partial charge < -0.3 is 18.9 Å². The molecule has 1 fully saturated rings. The number of benzene rings is 2. The molecule has 3 aromatic rings. The zero-order chi connectivity index (χ0) is 22.6. The van der Waals surface area contributed by atoms with Crippen molar-refractivity contribution < 1.29 is 23.7 Å². The van der Waals surface area contributed by atoms with E-state index in [-0.39, 0.29) is 5.91 Å². The minimum atomic E-state index is -0.0972. The third-order valence-corrected chi connectivity index (χ3v) is 6.87. The molecule has 0 aliphatic carbocycles. The fraction of sp³-hybridized carbons (Fsp3) is 0.417. The summed E-state index contributed by atoms with van der Waals surface area (Å²) in [6, 6.07) is 11.2. The maximum absolute atomic E-state index is 13.7. The third kappa shape index (κ3) is 4.90. The van der Waals surface area contributed by atoms with Gasteiger partial charge in [0, 0.05) is 37.8 Å². The minimum Gasteiger partial charge on any atom is -0.497 e. The van der Waals surface area contributed by atoms with Gasteiger partial charge in [-0.2, -0.15) is 0 Å². The summed E-state index contributed by atoms with van der Waals surface area (Å²) in [6.45, 7) is 5.86. The number of carbonyl (C=O) groups excluding carboxylic acids is 1. The first-order valence-corrected chi connectivity index (χ1v) is 12.0. The summed E-state index contributed by atoms with van der Waals surface area (Å²) >= 11 is 1.51. The zero-order valence-electron chi connectivity index (χ0n) is 18.6. The van der Waals surface area contributed by atoms with Crippen molar-refractivity contribution in [2.45, 2.75) is 6.42 Å². The number of anilines is 1. The molecule has 1 aromatic heterocycles. The second-order valence-corrected chi connectivity index (χ2v) is 8.96. The average molecular weight is 470 g/mol. The Balaban J connectivity index is 1.40. The molecule has 1 amide bonds. The minimum absolute atomic E-state index is 0.0972. The van der Waals surface area contributed by atoms with Crippen LogP contribution in [0.25, 0.3) is 10.2 Å². The highest BCUT2D eigenvalue weighted by atomic mass is 32.1. The molecule has 0 atom stereocenters. The van der Waals surface area contributed by atoms with E-state index in [1.807, 2.05) is 18.2 Å². The standard InChI is InChI=1S/C24H27N3O5S/c1-29-18-4-6-22-19(16-18)25-24(33-22)27(8-2-7-26-9-11-30-12-10-26)23(28)17-3-5-20-21(15-17)32-14-13-31-20/h3-6,15-16H,2,7-14H2,1H3. The maximum Gasteiger partial charge on any atom is 0.260 e. The van der Waals surface area contributed by atoms with Gasteiger partial charge in [0.2, 0.25) is 0 Å². The topological polar surface area (TPSA) is 73.4 Å². The largest absolute Gasteiger partial charge is 0.497 e. The summed E-state index contributed by atoms with van der Waals surface area (Å²) < 4.78 is 23.1. The molecule has 2 aliphatic heterocycles. The van der Waals surface area contributed by atoms with Crippen molar-refractivity contribution in [2.75, 3.05) is 64.6 Å². The molecule has 0 unspecified atom stereocenters. The molecule has 5 rings (SSSR count). The van der Waals surface area contributed by atoms with Gasteiger partial charge in [0.05, 0.1) is 30.5 Å². The smallest absolute Gasteiger partial charge is 0.260 e. The monoisotopic (exact) mass is 469 g/mol. The van der Waals surface area contributed by atoms with Crippen LogP contribution < -0.4 is 19.1 Å². The van der Waals surface area contributed by atoms with Crippen LogP contribution >= 0.6 is 11.3 Å². The highest BCUT2D eigenvalue weighted by Gasteiger charge is 2.24. The normalized spacial score (nSPS) is 16.0. The summed E-state index contributed by atoms with van der Waals surface area (Å²) in [4.78, 5) is 22.6. The predicted molar refractivity (Wildman–Crippen MR) is 127 cm³/mol. The van der Waals surface area contributed by atoms with E-state index in [4.69, 9.17) is 23.9 Å². The molecule has 2 aliphatic rings. The van der Waals surface area contributed by atoms with Gasteiger partial charge in [-0.25, -0.2) is 4.98 Å². The molecule has 0 saturated carbocycles. The van der Waals surface area contributed by atoms with Crippen LogP contribution in [0.15, 0.2) is 36.4 Å². The second kappa shape index (κ2) is 9.94. The Bertz CT molecular complexity index is 1130. The fourth-order valence-corrected chi connectivity index (χ4v) is 5.00. The Morgan fingerprint density at radius 2 is 1.91 bits per heavy atom. The number of fused-ring (bicyclic) bond motifs is 2. The molecule has 0 bridgehead atoms. The van der Waals surface area contributed by atoms with E-state index in [2.05, 4.69) is 4.90 Å². The van der Waals surface area contributed by atoms with Gasteiger partial charge >= 0.3 is 0 Å². The van der Waals surface area contributed by atoms with E-state index in [1.54, 1.807) is 30.2 Å².